The quantitative estimate of drug-likeness (QED) is 0.671. The van der Waals surface area contributed by atoms with Crippen molar-refractivity contribution in [3.05, 3.63) is 12.2 Å². The van der Waals surface area contributed by atoms with E-state index < -0.39 is 24.5 Å². The number of rotatable bonds is 4. The lowest BCUT2D eigenvalue weighted by Gasteiger charge is -2.05. The Morgan fingerprint density at radius 2 is 1.71 bits per heavy atom. The molecule has 82 valence electrons. The molecule has 0 bridgehead atoms. The third kappa shape index (κ3) is 13.2. The number of aliphatic carboxylic acids is 2. The standard InChI is InChI=1S/C5H8O5.C4H8/c1-10-3(5(8)9)2-4(6)7;1-4(2)3/h3H,2H2,1H3,(H,6,7)(H,8,9);1H2,2-3H3. The Labute approximate surface area is 83.0 Å². The van der Waals surface area contributed by atoms with E-state index in [1.54, 1.807) is 0 Å². The Kier molecular flexibility index (Phi) is 8.91. The van der Waals surface area contributed by atoms with Gasteiger partial charge in [-0.1, -0.05) is 5.57 Å². The zero-order valence-electron chi connectivity index (χ0n) is 8.61. The molecule has 0 fully saturated rings. The lowest BCUT2D eigenvalue weighted by Crippen LogP contribution is -2.25. The van der Waals surface area contributed by atoms with Crippen molar-refractivity contribution in [3.8, 4) is 0 Å². The van der Waals surface area contributed by atoms with Crippen molar-refractivity contribution in [2.75, 3.05) is 7.11 Å². The first-order chi connectivity index (χ1) is 6.31. The number of hydrogen-bond donors (Lipinski definition) is 2. The predicted molar refractivity (Wildman–Crippen MR) is 51.2 cm³/mol. The molecule has 0 heterocycles. The molecule has 0 aromatic rings. The smallest absolute Gasteiger partial charge is 0.333 e. The molecule has 0 aliphatic rings. The van der Waals surface area contributed by atoms with Crippen molar-refractivity contribution in [2.45, 2.75) is 26.4 Å². The topological polar surface area (TPSA) is 83.8 Å². The third-order valence-corrected chi connectivity index (χ3v) is 0.920. The Morgan fingerprint density at radius 3 is 1.79 bits per heavy atom. The number of methoxy groups -OCH3 is 1. The van der Waals surface area contributed by atoms with Gasteiger partial charge >= 0.3 is 11.9 Å². The molecule has 0 aromatic carbocycles. The van der Waals surface area contributed by atoms with Crippen molar-refractivity contribution in [3.63, 3.8) is 0 Å². The summed E-state index contributed by atoms with van der Waals surface area (Å²) in [6.45, 7) is 7.50. The van der Waals surface area contributed by atoms with Crippen LogP contribution in [0.2, 0.25) is 0 Å². The summed E-state index contributed by atoms with van der Waals surface area (Å²) in [7, 11) is 1.15. The molecule has 14 heavy (non-hydrogen) atoms. The zero-order chi connectivity index (χ0) is 11.7. The van der Waals surface area contributed by atoms with Crippen molar-refractivity contribution in [1.82, 2.24) is 0 Å². The SMILES string of the molecule is C=C(C)C.COC(CC(=O)O)C(=O)O. The van der Waals surface area contributed by atoms with Gasteiger partial charge in [0.25, 0.3) is 0 Å². The minimum atomic E-state index is -1.26. The maximum atomic E-state index is 10.1. The summed E-state index contributed by atoms with van der Waals surface area (Å²) >= 11 is 0. The first-order valence-corrected chi connectivity index (χ1v) is 3.90. The molecule has 1 unspecified atom stereocenters. The average Bonchev–Trinajstić information content (AvgIpc) is 1.98. The van der Waals surface area contributed by atoms with Gasteiger partial charge < -0.3 is 14.9 Å². The van der Waals surface area contributed by atoms with Gasteiger partial charge in [-0.25, -0.2) is 4.79 Å². The molecule has 0 spiro atoms. The molecule has 0 aromatic heterocycles. The van der Waals surface area contributed by atoms with E-state index in [0.717, 1.165) is 7.11 Å². The summed E-state index contributed by atoms with van der Waals surface area (Å²) < 4.78 is 4.34. The fourth-order valence-corrected chi connectivity index (χ4v) is 0.430. The number of ether oxygens (including phenoxy) is 1. The van der Waals surface area contributed by atoms with Crippen molar-refractivity contribution < 1.29 is 24.5 Å². The average molecular weight is 204 g/mol. The van der Waals surface area contributed by atoms with E-state index in [9.17, 15) is 9.59 Å². The van der Waals surface area contributed by atoms with Crippen LogP contribution in [0.5, 0.6) is 0 Å². The van der Waals surface area contributed by atoms with Crippen LogP contribution < -0.4 is 0 Å². The molecule has 0 aliphatic heterocycles. The summed E-state index contributed by atoms with van der Waals surface area (Å²) in [6.07, 6.45) is -1.75. The summed E-state index contributed by atoms with van der Waals surface area (Å²) in [5, 5.41) is 16.4. The molecule has 0 radical (unpaired) electrons. The van der Waals surface area contributed by atoms with Crippen molar-refractivity contribution >= 4 is 11.9 Å². The highest BCUT2D eigenvalue weighted by Crippen LogP contribution is 1.95. The summed E-state index contributed by atoms with van der Waals surface area (Å²) in [4.78, 5) is 20.0. The van der Waals surface area contributed by atoms with Crippen LogP contribution in [0, 0.1) is 0 Å². The van der Waals surface area contributed by atoms with E-state index in [-0.39, 0.29) is 0 Å². The molecule has 1 atom stereocenters. The maximum absolute atomic E-state index is 10.1. The first kappa shape index (κ1) is 15.1. The van der Waals surface area contributed by atoms with Crippen LogP contribution in [0.3, 0.4) is 0 Å². The van der Waals surface area contributed by atoms with Crippen LogP contribution in [-0.2, 0) is 14.3 Å². The second-order valence-electron chi connectivity index (χ2n) is 2.87. The highest BCUT2D eigenvalue weighted by Gasteiger charge is 2.19. The highest BCUT2D eigenvalue weighted by atomic mass is 16.5. The van der Waals surface area contributed by atoms with E-state index in [2.05, 4.69) is 11.3 Å². The van der Waals surface area contributed by atoms with Gasteiger partial charge in [-0.3, -0.25) is 4.79 Å². The van der Waals surface area contributed by atoms with Gasteiger partial charge in [0.2, 0.25) is 0 Å². The van der Waals surface area contributed by atoms with Gasteiger partial charge in [0.05, 0.1) is 6.42 Å². The minimum absolute atomic E-state index is 0.508. The molecule has 5 nitrogen and oxygen atoms in total. The normalized spacial score (nSPS) is 10.8. The van der Waals surface area contributed by atoms with Crippen LogP contribution >= 0.6 is 0 Å². The van der Waals surface area contributed by atoms with Gasteiger partial charge in [0, 0.05) is 7.11 Å². The number of carboxylic acids is 2. The maximum Gasteiger partial charge on any atom is 0.333 e. The molecular weight excluding hydrogens is 188 g/mol. The van der Waals surface area contributed by atoms with E-state index in [1.165, 1.54) is 5.57 Å². The number of hydrogen-bond acceptors (Lipinski definition) is 3. The molecule has 2 N–H and O–H groups in total. The number of carbonyl (C=O) groups is 2. The van der Waals surface area contributed by atoms with Crippen LogP contribution in [0.1, 0.15) is 20.3 Å². The molecule has 0 saturated heterocycles. The van der Waals surface area contributed by atoms with E-state index in [4.69, 9.17) is 10.2 Å². The molecule has 0 saturated carbocycles. The van der Waals surface area contributed by atoms with Crippen LogP contribution in [0.25, 0.3) is 0 Å². The predicted octanol–water partition coefficient (Wildman–Crippen LogP) is 1.14. The minimum Gasteiger partial charge on any atom is -0.481 e. The highest BCUT2D eigenvalue weighted by molar-refractivity contribution is 5.79. The number of carboxylic acid groups (broad SMARTS) is 2. The zero-order valence-corrected chi connectivity index (χ0v) is 8.61. The second kappa shape index (κ2) is 8.25. The van der Waals surface area contributed by atoms with E-state index in [1.807, 2.05) is 13.8 Å². The fraction of sp³-hybridized carbons (Fsp3) is 0.556. The monoisotopic (exact) mass is 204 g/mol. The van der Waals surface area contributed by atoms with Crippen molar-refractivity contribution in [2.24, 2.45) is 0 Å². The summed E-state index contributed by atoms with van der Waals surface area (Å²) in [5.41, 5.74) is 1.17. The molecular formula is C9H16O5. The van der Waals surface area contributed by atoms with Gasteiger partial charge in [-0.05, 0) is 13.8 Å². The lowest BCUT2D eigenvalue weighted by atomic mass is 10.2. The molecule has 5 heteroatoms. The van der Waals surface area contributed by atoms with E-state index in [0.29, 0.717) is 0 Å². The van der Waals surface area contributed by atoms with Gasteiger partial charge in [-0.15, -0.1) is 6.58 Å². The first-order valence-electron chi connectivity index (χ1n) is 3.90. The largest absolute Gasteiger partial charge is 0.481 e. The van der Waals surface area contributed by atoms with Crippen LogP contribution in [0.15, 0.2) is 12.2 Å². The van der Waals surface area contributed by atoms with Gasteiger partial charge in [0.15, 0.2) is 6.10 Å². The van der Waals surface area contributed by atoms with E-state index >= 15 is 0 Å². The molecule has 0 amide bonds. The summed E-state index contributed by atoms with van der Waals surface area (Å²) in [6, 6.07) is 0. The Hall–Kier alpha value is -1.36. The Bertz CT molecular complexity index is 205. The number of allylic oxidation sites excluding steroid dienone is 1. The lowest BCUT2D eigenvalue weighted by molar-refractivity contribution is -0.154. The molecule has 0 aliphatic carbocycles. The van der Waals surface area contributed by atoms with Crippen LogP contribution in [0.4, 0.5) is 0 Å². The molecule has 0 rings (SSSR count). The van der Waals surface area contributed by atoms with Crippen LogP contribution in [-0.4, -0.2) is 35.4 Å². The Balaban J connectivity index is 0. The third-order valence-electron chi connectivity index (χ3n) is 0.920. The van der Waals surface area contributed by atoms with Gasteiger partial charge in [-0.2, -0.15) is 0 Å². The fourth-order valence-electron chi connectivity index (χ4n) is 0.430. The van der Waals surface area contributed by atoms with Crippen molar-refractivity contribution in [1.29, 1.82) is 0 Å². The Morgan fingerprint density at radius 1 is 1.36 bits per heavy atom. The van der Waals surface area contributed by atoms with Gasteiger partial charge in [0.1, 0.15) is 0 Å². The summed E-state index contributed by atoms with van der Waals surface area (Å²) in [5.74, 6) is -2.45. The second-order valence-corrected chi connectivity index (χ2v) is 2.87.